The van der Waals surface area contributed by atoms with Crippen molar-refractivity contribution in [3.8, 4) is 17.1 Å². The van der Waals surface area contributed by atoms with Crippen LogP contribution in [0.4, 0.5) is 13.2 Å². The molecular formula is C94H80Cl6F3N9O4. The van der Waals surface area contributed by atoms with Gasteiger partial charge in [-0.05, 0) is 285 Å². The van der Waals surface area contributed by atoms with Crippen LogP contribution in [0.5, 0.6) is 0 Å². The molecule has 4 atom stereocenters. The molecule has 0 bridgehead atoms. The summed E-state index contributed by atoms with van der Waals surface area (Å²) in [6.45, 7) is 0. The molecule has 0 radical (unpaired) electrons. The van der Waals surface area contributed by atoms with Gasteiger partial charge >= 0.3 is 0 Å². The SMILES string of the molecule is O=C(N[C@@H]1CCCc2ccccc21)c1nn(-c2ccc(Cl)cc2Cl)c2c1CCCC/C2=C\c1ccc(F)cc1.O=C(N[C@@H]1CCc2ccccc21)c1nn(-c2ccc(Cl)cc2Cl)c2c1CCCC/C2=C\c1ccc(F)cc1.O=C(N[C@H]1c2ccccc2C[C@H]1O)c1nn(-c2ccc(Cl)cc2Cl)c2c1CCCC/C2=C\c1ccc(F)cc1. The van der Waals surface area contributed by atoms with E-state index in [0.29, 0.717) is 77.1 Å². The lowest BCUT2D eigenvalue weighted by Gasteiger charge is -2.26. The Kier molecular flexibility index (Phi) is 24.2. The van der Waals surface area contributed by atoms with Gasteiger partial charge in [0.15, 0.2) is 17.1 Å². The summed E-state index contributed by atoms with van der Waals surface area (Å²) < 4.78 is 46.1. The highest BCUT2D eigenvalue weighted by atomic mass is 35.5. The van der Waals surface area contributed by atoms with Crippen LogP contribution in [0.3, 0.4) is 0 Å². The molecule has 12 aromatic rings. The predicted molar refractivity (Wildman–Crippen MR) is 457 cm³/mol. The molecule has 0 saturated heterocycles. The van der Waals surface area contributed by atoms with Gasteiger partial charge in [-0.3, -0.25) is 14.4 Å². The van der Waals surface area contributed by atoms with Crippen molar-refractivity contribution in [3.05, 3.63) is 349 Å². The molecule has 3 aromatic heterocycles. The third-order valence-corrected chi connectivity index (χ3v) is 24.1. The molecule has 9 aromatic carbocycles. The second-order valence-electron chi connectivity index (χ2n) is 30.1. The number of fused-ring (bicyclic) bond motifs is 6. The molecule has 0 saturated carbocycles. The number of aromatic nitrogens is 6. The standard InChI is InChI=1S/C32H28Cl2FN3O.C31H26Cl2FN3O2.C31H26Cl2FN3O/c33-23-14-17-29(27(34)19-23)38-31-22(18-20-12-15-24(35)16-13-20)7-2-4-10-26(31)30(37-38)32(39)36-28-11-5-8-21-6-1-3-9-25(21)28;32-21-11-14-26(25(33)17-21)37-30-20(15-18-9-12-22(34)13-10-18)6-2-4-8-24(30)29(36-37)31(39)35-28-23-7-3-1-5-19(23)16-27(28)38;32-22-12-16-28(26(33)18-22)37-30-21(17-19-9-13-23(34)14-10-19)6-2-4-8-25(30)29(36-37)31(38)35-27-15-11-20-5-1-3-7-24(20)27/h1,3,6,9,12-19,28H,2,4-5,7-8,10-11H2,(H,36,39);1,3,5,7,9-15,17,27-28,38H,2,4,6,8,16H2,(H,35,39);1,3,5,7,9-10,12-14,16-18,27H,2,4,6,8,11,15H2,(H,35,38)/b22-18+;20-15+;21-17+/t28-;27-,28+;27-/m111/s1. The number of carbonyl (C=O) groups excluding carboxylic acids is 3. The molecule has 116 heavy (non-hydrogen) atoms. The maximum atomic E-state index is 13.9. The van der Waals surface area contributed by atoms with Crippen LogP contribution in [-0.4, -0.2) is 58.3 Å². The van der Waals surface area contributed by atoms with Crippen LogP contribution in [-0.2, 0) is 38.5 Å². The van der Waals surface area contributed by atoms with Crippen molar-refractivity contribution in [3.63, 3.8) is 0 Å². The zero-order valence-corrected chi connectivity index (χ0v) is 67.6. The molecule has 22 heteroatoms. The van der Waals surface area contributed by atoms with Crippen molar-refractivity contribution < 1.29 is 32.7 Å². The minimum Gasteiger partial charge on any atom is -0.390 e. The molecule has 13 nitrogen and oxygen atoms in total. The van der Waals surface area contributed by atoms with Crippen LogP contribution >= 0.6 is 69.6 Å². The van der Waals surface area contributed by atoms with Gasteiger partial charge in [0.25, 0.3) is 17.7 Å². The number of nitrogens with one attached hydrogen (secondary N) is 3. The third kappa shape index (κ3) is 17.3. The van der Waals surface area contributed by atoms with Gasteiger partial charge in [-0.2, -0.15) is 15.3 Å². The quantitative estimate of drug-likeness (QED) is 0.0886. The lowest BCUT2D eigenvalue weighted by molar-refractivity contribution is 0.0851. The third-order valence-electron chi connectivity index (χ3n) is 22.5. The highest BCUT2D eigenvalue weighted by Gasteiger charge is 2.37. The first-order valence-corrected chi connectivity index (χ1v) is 41.6. The van der Waals surface area contributed by atoms with Gasteiger partial charge in [0.2, 0.25) is 0 Å². The van der Waals surface area contributed by atoms with Gasteiger partial charge < -0.3 is 21.1 Å². The summed E-state index contributed by atoms with van der Waals surface area (Å²) >= 11 is 38.5. The number of amides is 3. The van der Waals surface area contributed by atoms with E-state index in [1.165, 1.54) is 58.7 Å². The van der Waals surface area contributed by atoms with Crippen molar-refractivity contribution in [1.82, 2.24) is 45.3 Å². The van der Waals surface area contributed by atoms with Crippen LogP contribution in [0.15, 0.2) is 200 Å². The highest BCUT2D eigenvalue weighted by Crippen LogP contribution is 2.43. The van der Waals surface area contributed by atoms with Gasteiger partial charge in [-0.25, -0.2) is 27.2 Å². The largest absolute Gasteiger partial charge is 0.390 e. The lowest BCUT2D eigenvalue weighted by Crippen LogP contribution is -2.34. The van der Waals surface area contributed by atoms with Crippen molar-refractivity contribution >= 4 is 122 Å². The average molecular weight is 1670 g/mol. The zero-order valence-electron chi connectivity index (χ0n) is 63.1. The summed E-state index contributed by atoms with van der Waals surface area (Å²) in [5.41, 5.74) is 20.8. The van der Waals surface area contributed by atoms with Crippen molar-refractivity contribution in [2.75, 3.05) is 0 Å². The van der Waals surface area contributed by atoms with Crippen LogP contribution in [0.25, 0.3) is 52.0 Å². The summed E-state index contributed by atoms with van der Waals surface area (Å²) in [6.07, 6.45) is 20.7. The molecule has 18 rings (SSSR count). The van der Waals surface area contributed by atoms with E-state index in [0.717, 1.165) is 181 Å². The predicted octanol–water partition coefficient (Wildman–Crippen LogP) is 23.4. The average Bonchev–Trinajstić information content (AvgIpc) is 1.62. The minimum absolute atomic E-state index is 0.0429. The number of hydrogen-bond acceptors (Lipinski definition) is 7. The van der Waals surface area contributed by atoms with E-state index in [-0.39, 0.29) is 47.3 Å². The number of aliphatic hydroxyl groups is 1. The Bertz CT molecular complexity index is 5860. The fourth-order valence-electron chi connectivity index (χ4n) is 17.0. The lowest BCUT2D eigenvalue weighted by atomic mass is 9.87. The molecule has 3 heterocycles. The van der Waals surface area contributed by atoms with Crippen LogP contribution in [0, 0.1) is 17.5 Å². The van der Waals surface area contributed by atoms with Gasteiger partial charge in [0, 0.05) is 38.2 Å². The van der Waals surface area contributed by atoms with E-state index in [2.05, 4.69) is 58.4 Å². The number of allylic oxidation sites excluding steroid dienone is 3. The number of hydrogen-bond donors (Lipinski definition) is 4. The number of rotatable bonds is 12. The molecule has 0 aliphatic heterocycles. The first-order valence-electron chi connectivity index (χ1n) is 39.3. The number of carbonyl (C=O) groups is 3. The summed E-state index contributed by atoms with van der Waals surface area (Å²) in [5.74, 6) is -1.57. The molecule has 0 fully saturated rings. The number of halogens is 9. The maximum absolute atomic E-state index is 13.9. The van der Waals surface area contributed by atoms with E-state index in [9.17, 15) is 32.7 Å². The summed E-state index contributed by atoms with van der Waals surface area (Å²) in [4.78, 5) is 41.5. The topological polar surface area (TPSA) is 161 Å². The Morgan fingerprint density at radius 1 is 0.371 bits per heavy atom. The molecule has 588 valence electrons. The maximum Gasteiger partial charge on any atom is 0.272 e. The number of aryl methyl sites for hydroxylation is 2. The number of benzene rings is 9. The molecule has 4 N–H and O–H groups in total. The van der Waals surface area contributed by atoms with Gasteiger partial charge in [0.1, 0.15) is 17.5 Å². The van der Waals surface area contributed by atoms with Gasteiger partial charge in [-0.15, -0.1) is 0 Å². The smallest absolute Gasteiger partial charge is 0.272 e. The Balaban J connectivity index is 0.000000131. The monoisotopic (exact) mass is 1670 g/mol. The van der Waals surface area contributed by atoms with Crippen molar-refractivity contribution in [2.45, 2.75) is 140 Å². The molecule has 0 spiro atoms. The molecule has 3 amide bonds. The first-order chi connectivity index (χ1) is 56.3. The van der Waals surface area contributed by atoms with Crippen molar-refractivity contribution in [2.24, 2.45) is 0 Å². The summed E-state index contributed by atoms with van der Waals surface area (Å²) in [7, 11) is 0. The van der Waals surface area contributed by atoms with Gasteiger partial charge in [0.05, 0.1) is 73.4 Å². The van der Waals surface area contributed by atoms with Crippen LogP contribution in [0.1, 0.15) is 210 Å². The Hall–Kier alpha value is -10.3. The molecule has 6 aliphatic carbocycles. The first kappa shape index (κ1) is 79.6. The van der Waals surface area contributed by atoms with Crippen molar-refractivity contribution in [1.29, 1.82) is 0 Å². The fourth-order valence-corrected chi connectivity index (χ4v) is 18.5. The normalized spacial score (nSPS) is 18.3. The number of aliphatic hydroxyl groups excluding tert-OH is 1. The fraction of sp³-hybridized carbons (Fsp3) is 0.234. The molecule has 0 unspecified atom stereocenters. The zero-order chi connectivity index (χ0) is 80.3. The van der Waals surface area contributed by atoms with E-state index in [1.54, 1.807) is 92.9 Å². The molecule has 6 aliphatic rings. The second-order valence-corrected chi connectivity index (χ2v) is 32.7. The van der Waals surface area contributed by atoms with E-state index in [4.69, 9.17) is 84.9 Å². The van der Waals surface area contributed by atoms with E-state index >= 15 is 0 Å². The Morgan fingerprint density at radius 3 is 1.09 bits per heavy atom. The van der Waals surface area contributed by atoms with E-state index < -0.39 is 12.1 Å². The summed E-state index contributed by atoms with van der Waals surface area (Å²) in [5, 5.41) is 37.8. The van der Waals surface area contributed by atoms with Crippen LogP contribution < -0.4 is 16.0 Å². The number of nitrogens with zero attached hydrogens (tertiary/aromatic N) is 6. The second kappa shape index (κ2) is 35.3. The van der Waals surface area contributed by atoms with Gasteiger partial charge in [-0.1, -0.05) is 179 Å². The molecular weight excluding hydrogens is 1590 g/mol. The Labute approximate surface area is 700 Å². The summed E-state index contributed by atoms with van der Waals surface area (Å²) in [6, 6.07) is 58.7. The minimum atomic E-state index is -0.716. The highest BCUT2D eigenvalue weighted by molar-refractivity contribution is 6.37. The Morgan fingerprint density at radius 2 is 0.707 bits per heavy atom. The van der Waals surface area contributed by atoms with Crippen LogP contribution in [0.2, 0.25) is 30.1 Å². The van der Waals surface area contributed by atoms with E-state index in [1.807, 2.05) is 60.7 Å².